The molecule has 0 bridgehead atoms. The molecule has 2 heteroatoms. The van der Waals surface area contributed by atoms with Gasteiger partial charge in [-0.05, 0) is 6.42 Å². The van der Waals surface area contributed by atoms with Crippen LogP contribution >= 0.6 is 11.8 Å². The van der Waals surface area contributed by atoms with Crippen LogP contribution in [0.2, 0.25) is 0 Å². The maximum atomic E-state index is 4.69. The van der Waals surface area contributed by atoms with Crippen LogP contribution in [-0.4, -0.2) is 16.3 Å². The summed E-state index contributed by atoms with van der Waals surface area (Å²) in [5.74, 6) is 0.511. The first kappa shape index (κ1) is 9.07. The molecule has 0 spiro atoms. The van der Waals surface area contributed by atoms with Gasteiger partial charge >= 0.3 is 0 Å². The highest BCUT2D eigenvalue weighted by Crippen LogP contribution is 2.34. The number of hydrogen-bond donors (Lipinski definition) is 0. The zero-order valence-electron chi connectivity index (χ0n) is 7.97. The summed E-state index contributed by atoms with van der Waals surface area (Å²) in [5, 5.41) is 1.84. The Kier molecular flexibility index (Phi) is 2.58. The second kappa shape index (κ2) is 3.70. The number of nitrogens with zero attached hydrogens (tertiary/aromatic N) is 1. The second-order valence-electron chi connectivity index (χ2n) is 3.43. The van der Waals surface area contributed by atoms with E-state index in [1.165, 1.54) is 5.04 Å². The Morgan fingerprint density at radius 3 is 2.92 bits per heavy atom. The van der Waals surface area contributed by atoms with Gasteiger partial charge in [0.05, 0.1) is 16.3 Å². The van der Waals surface area contributed by atoms with E-state index in [-0.39, 0.29) is 0 Å². The molecule has 0 aromatic carbocycles. The zero-order chi connectivity index (χ0) is 9.26. The highest BCUT2D eigenvalue weighted by atomic mass is 32.2. The fourth-order valence-corrected chi connectivity index (χ4v) is 2.76. The van der Waals surface area contributed by atoms with E-state index in [9.17, 15) is 0 Å². The fraction of sp³-hybridized carbons (Fsp3) is 0.455. The van der Waals surface area contributed by atoms with Crippen molar-refractivity contribution >= 4 is 16.8 Å². The van der Waals surface area contributed by atoms with Gasteiger partial charge in [-0.2, -0.15) is 0 Å². The summed E-state index contributed by atoms with van der Waals surface area (Å²) in [5.41, 5.74) is 0. The summed E-state index contributed by atoms with van der Waals surface area (Å²) in [6.45, 7) is 4.30. The van der Waals surface area contributed by atoms with Crippen LogP contribution in [-0.2, 0) is 0 Å². The number of fused-ring (bicyclic) bond motifs is 1. The van der Waals surface area contributed by atoms with Crippen molar-refractivity contribution in [2.75, 3.05) is 0 Å². The molecule has 1 aliphatic carbocycles. The minimum Gasteiger partial charge on any atom is -0.274 e. The normalized spacial score (nSPS) is 32.9. The number of thioether (sulfide) groups is 1. The van der Waals surface area contributed by atoms with Crippen LogP contribution in [0, 0.1) is 12.3 Å². The van der Waals surface area contributed by atoms with E-state index in [2.05, 4.69) is 44.6 Å². The lowest BCUT2D eigenvalue weighted by atomic mass is 10.1. The Bertz CT molecular complexity index is 278. The average molecular weight is 192 g/mol. The van der Waals surface area contributed by atoms with E-state index >= 15 is 0 Å². The van der Waals surface area contributed by atoms with Crippen molar-refractivity contribution in [1.82, 2.24) is 0 Å². The van der Waals surface area contributed by atoms with Crippen LogP contribution in [0.4, 0.5) is 0 Å². The van der Waals surface area contributed by atoms with Crippen LogP contribution in [0.5, 0.6) is 0 Å². The summed E-state index contributed by atoms with van der Waals surface area (Å²) >= 11 is 1.91. The molecule has 69 valence electrons. The predicted molar refractivity (Wildman–Crippen MR) is 60.0 cm³/mol. The maximum Gasteiger partial charge on any atom is 0.0850 e. The first-order valence-corrected chi connectivity index (χ1v) is 5.58. The summed E-state index contributed by atoms with van der Waals surface area (Å²) < 4.78 is 0. The summed E-state index contributed by atoms with van der Waals surface area (Å²) in [4.78, 5) is 4.69. The molecule has 2 aliphatic rings. The van der Waals surface area contributed by atoms with E-state index in [1.807, 2.05) is 11.8 Å². The third-order valence-electron chi connectivity index (χ3n) is 2.48. The SMILES string of the molecule is C[CH]C(C)C1=NC2C=CC=CC2S1. The third-order valence-corrected chi connectivity index (χ3v) is 3.91. The molecule has 0 saturated heterocycles. The Balaban J connectivity index is 2.11. The number of hydrogen-bond acceptors (Lipinski definition) is 2. The predicted octanol–water partition coefficient (Wildman–Crippen LogP) is 2.86. The van der Waals surface area contributed by atoms with Crippen LogP contribution in [0.3, 0.4) is 0 Å². The number of aliphatic imine (C=N–C) groups is 1. The van der Waals surface area contributed by atoms with Gasteiger partial charge in [-0.3, -0.25) is 4.99 Å². The van der Waals surface area contributed by atoms with E-state index < -0.39 is 0 Å². The molecule has 1 aliphatic heterocycles. The van der Waals surface area contributed by atoms with Gasteiger partial charge in [-0.1, -0.05) is 38.2 Å². The molecular formula is C11H14NS. The number of rotatable bonds is 2. The summed E-state index contributed by atoms with van der Waals surface area (Å²) in [6.07, 6.45) is 10.8. The van der Waals surface area contributed by atoms with Gasteiger partial charge in [-0.25, -0.2) is 0 Å². The van der Waals surface area contributed by atoms with Gasteiger partial charge < -0.3 is 0 Å². The van der Waals surface area contributed by atoms with Gasteiger partial charge in [0.25, 0.3) is 0 Å². The highest BCUT2D eigenvalue weighted by molar-refractivity contribution is 8.15. The molecule has 2 rings (SSSR count). The first-order chi connectivity index (χ1) is 6.31. The zero-order valence-corrected chi connectivity index (χ0v) is 8.79. The average Bonchev–Trinajstić information content (AvgIpc) is 2.59. The van der Waals surface area contributed by atoms with Crippen molar-refractivity contribution in [3.63, 3.8) is 0 Å². The van der Waals surface area contributed by atoms with Gasteiger partial charge in [-0.15, -0.1) is 11.8 Å². The topological polar surface area (TPSA) is 12.4 Å². The smallest absolute Gasteiger partial charge is 0.0850 e. The Hall–Kier alpha value is -0.500. The van der Waals surface area contributed by atoms with Crippen LogP contribution in [0.25, 0.3) is 0 Å². The van der Waals surface area contributed by atoms with Gasteiger partial charge in [0.2, 0.25) is 0 Å². The molecule has 13 heavy (non-hydrogen) atoms. The molecular weight excluding hydrogens is 178 g/mol. The van der Waals surface area contributed by atoms with Crippen molar-refractivity contribution in [1.29, 1.82) is 0 Å². The van der Waals surface area contributed by atoms with E-state index in [0.717, 1.165) is 0 Å². The standard InChI is InChI=1S/C11H14NS/c1-3-8(2)11-12-9-6-4-5-7-10(9)13-11/h3-10H,1-2H3. The molecule has 3 atom stereocenters. The lowest BCUT2D eigenvalue weighted by Gasteiger charge is -2.11. The van der Waals surface area contributed by atoms with Crippen LogP contribution in [0.15, 0.2) is 29.3 Å². The van der Waals surface area contributed by atoms with Gasteiger partial charge in [0.1, 0.15) is 0 Å². The molecule has 0 amide bonds. The van der Waals surface area contributed by atoms with Crippen molar-refractivity contribution in [2.24, 2.45) is 10.9 Å². The van der Waals surface area contributed by atoms with E-state index in [1.54, 1.807) is 0 Å². The molecule has 0 aromatic rings. The molecule has 0 saturated carbocycles. The largest absolute Gasteiger partial charge is 0.274 e. The molecule has 1 nitrogen and oxygen atoms in total. The molecule has 1 radical (unpaired) electrons. The Morgan fingerprint density at radius 1 is 1.46 bits per heavy atom. The fourth-order valence-electron chi connectivity index (χ4n) is 1.48. The van der Waals surface area contributed by atoms with Crippen LogP contribution < -0.4 is 0 Å². The van der Waals surface area contributed by atoms with Crippen molar-refractivity contribution in [2.45, 2.75) is 25.1 Å². The van der Waals surface area contributed by atoms with Crippen molar-refractivity contribution in [3.8, 4) is 0 Å². The van der Waals surface area contributed by atoms with Gasteiger partial charge in [0, 0.05) is 5.92 Å². The number of allylic oxidation sites excluding steroid dienone is 2. The molecule has 0 aromatic heterocycles. The first-order valence-electron chi connectivity index (χ1n) is 4.70. The van der Waals surface area contributed by atoms with Gasteiger partial charge in [0.15, 0.2) is 0 Å². The molecule has 3 unspecified atom stereocenters. The Labute approximate surface area is 84.0 Å². The van der Waals surface area contributed by atoms with E-state index in [4.69, 9.17) is 4.99 Å². The minimum absolute atomic E-state index is 0.396. The summed E-state index contributed by atoms with van der Waals surface area (Å²) in [6, 6.07) is 0.396. The van der Waals surface area contributed by atoms with Crippen molar-refractivity contribution in [3.05, 3.63) is 30.7 Å². The minimum atomic E-state index is 0.396. The van der Waals surface area contributed by atoms with Crippen molar-refractivity contribution < 1.29 is 0 Å². The monoisotopic (exact) mass is 192 g/mol. The third kappa shape index (κ3) is 1.73. The highest BCUT2D eigenvalue weighted by Gasteiger charge is 2.29. The lowest BCUT2D eigenvalue weighted by Crippen LogP contribution is -2.13. The second-order valence-corrected chi connectivity index (χ2v) is 4.63. The Morgan fingerprint density at radius 2 is 2.23 bits per heavy atom. The molecule has 1 heterocycles. The summed E-state index contributed by atoms with van der Waals surface area (Å²) in [7, 11) is 0. The lowest BCUT2D eigenvalue weighted by molar-refractivity contribution is 0.843. The quantitative estimate of drug-likeness (QED) is 0.655. The molecule has 0 N–H and O–H groups in total. The maximum absolute atomic E-state index is 4.69. The van der Waals surface area contributed by atoms with Crippen LogP contribution in [0.1, 0.15) is 13.8 Å². The van der Waals surface area contributed by atoms with E-state index in [0.29, 0.717) is 17.2 Å². The molecule has 0 fully saturated rings.